The van der Waals surface area contributed by atoms with E-state index in [-0.39, 0.29) is 12.5 Å². The summed E-state index contributed by atoms with van der Waals surface area (Å²) in [5.74, 6) is 0.680. The molecule has 0 spiro atoms. The Hall–Kier alpha value is -2.66. The Labute approximate surface area is 151 Å². The average Bonchev–Trinajstić information content (AvgIpc) is 3.03. The molecule has 0 unspecified atom stereocenters. The Morgan fingerprint density at radius 2 is 1.80 bits per heavy atom. The third kappa shape index (κ3) is 3.88. The minimum atomic E-state index is -0.194. The topological polar surface area (TPSA) is 59.2 Å². The maximum absolute atomic E-state index is 12.5. The van der Waals surface area contributed by atoms with Crippen LogP contribution in [0.15, 0.2) is 47.0 Å². The van der Waals surface area contributed by atoms with Crippen LogP contribution in [-0.2, 0) is 6.54 Å². The highest BCUT2D eigenvalue weighted by Crippen LogP contribution is 2.20. The normalized spacial score (nSPS) is 10.7. The van der Waals surface area contributed by atoms with Crippen molar-refractivity contribution in [3.8, 4) is 11.4 Å². The van der Waals surface area contributed by atoms with Crippen molar-refractivity contribution in [2.24, 2.45) is 0 Å². The maximum Gasteiger partial charge on any atom is 0.255 e. The summed E-state index contributed by atoms with van der Waals surface area (Å²) in [6.07, 6.45) is 0. The first kappa shape index (κ1) is 17.2. The number of aromatic nitrogens is 2. The number of benzene rings is 2. The highest BCUT2D eigenvalue weighted by Gasteiger charge is 2.18. The minimum Gasteiger partial charge on any atom is -0.337 e. The third-order valence-corrected chi connectivity index (χ3v) is 4.16. The number of amides is 1. The quantitative estimate of drug-likeness (QED) is 0.700. The first-order valence-corrected chi connectivity index (χ1v) is 8.23. The van der Waals surface area contributed by atoms with Crippen LogP contribution in [0.5, 0.6) is 0 Å². The van der Waals surface area contributed by atoms with Gasteiger partial charge in [0.25, 0.3) is 5.91 Å². The van der Waals surface area contributed by atoms with Crippen LogP contribution in [-0.4, -0.2) is 28.0 Å². The van der Waals surface area contributed by atoms with Gasteiger partial charge in [-0.25, -0.2) is 0 Å². The van der Waals surface area contributed by atoms with Gasteiger partial charge in [-0.05, 0) is 31.5 Å². The lowest BCUT2D eigenvalue weighted by Gasteiger charge is -2.15. The molecule has 128 valence electrons. The molecule has 3 aromatic rings. The number of rotatable bonds is 4. The van der Waals surface area contributed by atoms with Crippen molar-refractivity contribution in [1.82, 2.24) is 15.0 Å². The van der Waals surface area contributed by atoms with Crippen molar-refractivity contribution in [2.45, 2.75) is 20.4 Å². The Morgan fingerprint density at radius 3 is 2.48 bits per heavy atom. The van der Waals surface area contributed by atoms with E-state index in [1.165, 1.54) is 4.90 Å². The van der Waals surface area contributed by atoms with Gasteiger partial charge in [0.2, 0.25) is 11.7 Å². The van der Waals surface area contributed by atoms with Crippen LogP contribution in [0.1, 0.15) is 27.4 Å². The summed E-state index contributed by atoms with van der Waals surface area (Å²) in [6.45, 7) is 4.15. The molecule has 3 rings (SSSR count). The molecule has 5 nitrogen and oxygen atoms in total. The highest BCUT2D eigenvalue weighted by atomic mass is 35.5. The van der Waals surface area contributed by atoms with Crippen LogP contribution >= 0.6 is 11.6 Å². The molecular weight excluding hydrogens is 338 g/mol. The molecule has 0 aliphatic carbocycles. The Bertz CT molecular complexity index is 903. The van der Waals surface area contributed by atoms with Gasteiger partial charge in [-0.1, -0.05) is 52.7 Å². The van der Waals surface area contributed by atoms with Gasteiger partial charge in [-0.15, -0.1) is 0 Å². The molecule has 0 aliphatic heterocycles. The van der Waals surface area contributed by atoms with Crippen molar-refractivity contribution < 1.29 is 9.32 Å². The number of carbonyl (C=O) groups is 1. The lowest BCUT2D eigenvalue weighted by Crippen LogP contribution is -2.26. The van der Waals surface area contributed by atoms with E-state index < -0.39 is 0 Å². The van der Waals surface area contributed by atoms with Crippen molar-refractivity contribution in [1.29, 1.82) is 0 Å². The predicted octanol–water partition coefficient (Wildman–Crippen LogP) is 4.28. The van der Waals surface area contributed by atoms with Crippen LogP contribution < -0.4 is 0 Å². The molecule has 2 aromatic carbocycles. The van der Waals surface area contributed by atoms with Crippen molar-refractivity contribution >= 4 is 17.5 Å². The summed E-state index contributed by atoms with van der Waals surface area (Å²) in [4.78, 5) is 18.4. The van der Waals surface area contributed by atoms with E-state index in [1.54, 1.807) is 19.2 Å². The van der Waals surface area contributed by atoms with Crippen molar-refractivity contribution in [2.75, 3.05) is 7.05 Å². The number of hydrogen-bond acceptors (Lipinski definition) is 4. The molecule has 0 saturated carbocycles. The first-order valence-electron chi connectivity index (χ1n) is 7.85. The zero-order valence-corrected chi connectivity index (χ0v) is 15.0. The smallest absolute Gasteiger partial charge is 0.255 e. The van der Waals surface area contributed by atoms with Crippen LogP contribution in [0.2, 0.25) is 5.02 Å². The Balaban J connectivity index is 1.74. The number of halogens is 1. The molecule has 1 amide bonds. The van der Waals surface area contributed by atoms with E-state index in [0.29, 0.717) is 22.3 Å². The molecule has 25 heavy (non-hydrogen) atoms. The van der Waals surface area contributed by atoms with Gasteiger partial charge in [0.15, 0.2) is 0 Å². The van der Waals surface area contributed by atoms with Crippen LogP contribution in [0.3, 0.4) is 0 Å². The number of nitrogens with zero attached hydrogens (tertiary/aromatic N) is 3. The van der Waals surface area contributed by atoms with Crippen LogP contribution in [0.4, 0.5) is 0 Å². The highest BCUT2D eigenvalue weighted by molar-refractivity contribution is 6.33. The molecular formula is C19H18ClN3O2. The first-order chi connectivity index (χ1) is 11.9. The van der Waals surface area contributed by atoms with E-state index in [0.717, 1.165) is 16.7 Å². The summed E-state index contributed by atoms with van der Waals surface area (Å²) < 4.78 is 5.27. The molecule has 0 aliphatic rings. The molecule has 0 saturated heterocycles. The van der Waals surface area contributed by atoms with Crippen LogP contribution in [0.25, 0.3) is 11.4 Å². The van der Waals surface area contributed by atoms with Gasteiger partial charge in [-0.2, -0.15) is 4.98 Å². The summed E-state index contributed by atoms with van der Waals surface area (Å²) >= 11 is 6.17. The molecule has 1 heterocycles. The summed E-state index contributed by atoms with van der Waals surface area (Å²) in [5.41, 5.74) is 3.49. The molecule has 1 aromatic heterocycles. The average molecular weight is 356 g/mol. The van der Waals surface area contributed by atoms with Crippen LogP contribution in [0, 0.1) is 13.8 Å². The molecule has 0 bridgehead atoms. The van der Waals surface area contributed by atoms with Gasteiger partial charge < -0.3 is 9.42 Å². The van der Waals surface area contributed by atoms with Gasteiger partial charge in [0.1, 0.15) is 0 Å². The number of hydrogen-bond donors (Lipinski definition) is 0. The SMILES string of the molecule is Cc1ccc(-c2noc(CN(C)C(=O)c3ccc(C)cc3Cl)n2)cc1. The van der Waals surface area contributed by atoms with E-state index in [1.807, 2.05) is 44.2 Å². The minimum absolute atomic E-state index is 0.194. The lowest BCUT2D eigenvalue weighted by molar-refractivity contribution is 0.0769. The Kier molecular flexibility index (Phi) is 4.86. The second-order valence-electron chi connectivity index (χ2n) is 6.02. The second kappa shape index (κ2) is 7.07. The monoisotopic (exact) mass is 355 g/mol. The molecule has 0 N–H and O–H groups in total. The maximum atomic E-state index is 12.5. The zero-order chi connectivity index (χ0) is 18.0. The second-order valence-corrected chi connectivity index (χ2v) is 6.43. The number of aryl methyl sites for hydroxylation is 2. The molecule has 0 atom stereocenters. The van der Waals surface area contributed by atoms with E-state index in [2.05, 4.69) is 10.1 Å². The van der Waals surface area contributed by atoms with Gasteiger partial charge in [-0.3, -0.25) is 4.79 Å². The molecule has 0 radical (unpaired) electrons. The summed E-state index contributed by atoms with van der Waals surface area (Å²) in [7, 11) is 1.67. The van der Waals surface area contributed by atoms with E-state index >= 15 is 0 Å². The Morgan fingerprint density at radius 1 is 1.12 bits per heavy atom. The van der Waals surface area contributed by atoms with E-state index in [4.69, 9.17) is 16.1 Å². The standard InChI is InChI=1S/C19H18ClN3O2/c1-12-4-7-14(8-5-12)18-21-17(25-22-18)11-23(3)19(24)15-9-6-13(2)10-16(15)20/h4-10H,11H2,1-3H3. The van der Waals surface area contributed by atoms with Gasteiger partial charge in [0, 0.05) is 12.6 Å². The predicted molar refractivity (Wildman–Crippen MR) is 96.5 cm³/mol. The van der Waals surface area contributed by atoms with Gasteiger partial charge >= 0.3 is 0 Å². The number of carbonyl (C=O) groups excluding carboxylic acids is 1. The third-order valence-electron chi connectivity index (χ3n) is 3.85. The fourth-order valence-corrected chi connectivity index (χ4v) is 2.73. The zero-order valence-electron chi connectivity index (χ0n) is 14.3. The fraction of sp³-hybridized carbons (Fsp3) is 0.211. The molecule has 0 fully saturated rings. The fourth-order valence-electron chi connectivity index (χ4n) is 2.41. The van der Waals surface area contributed by atoms with Crippen molar-refractivity contribution in [3.05, 3.63) is 70.1 Å². The van der Waals surface area contributed by atoms with Crippen molar-refractivity contribution in [3.63, 3.8) is 0 Å². The largest absolute Gasteiger partial charge is 0.337 e. The summed E-state index contributed by atoms with van der Waals surface area (Å²) in [5, 5.41) is 4.41. The lowest BCUT2D eigenvalue weighted by atomic mass is 10.1. The van der Waals surface area contributed by atoms with Gasteiger partial charge in [0.05, 0.1) is 17.1 Å². The molecule has 6 heteroatoms. The summed E-state index contributed by atoms with van der Waals surface area (Å²) in [6, 6.07) is 13.2. The van der Waals surface area contributed by atoms with E-state index in [9.17, 15) is 4.79 Å².